The van der Waals surface area contributed by atoms with E-state index in [-0.39, 0.29) is 11.8 Å². The molecule has 0 amide bonds. The van der Waals surface area contributed by atoms with Crippen molar-refractivity contribution in [3.63, 3.8) is 0 Å². The average Bonchev–Trinajstić information content (AvgIpc) is 2.37. The SMILES string of the molecule is COC[C@H](C)NC(=S)N/N=C(\C)c1ccc(O)cc1. The van der Waals surface area contributed by atoms with Crippen LogP contribution >= 0.6 is 12.2 Å². The number of ether oxygens (including phenoxy) is 1. The number of nitrogens with zero attached hydrogens (tertiary/aromatic N) is 1. The Morgan fingerprint density at radius 3 is 2.63 bits per heavy atom. The van der Waals surface area contributed by atoms with Gasteiger partial charge in [0.25, 0.3) is 0 Å². The van der Waals surface area contributed by atoms with Crippen LogP contribution < -0.4 is 10.7 Å². The van der Waals surface area contributed by atoms with E-state index >= 15 is 0 Å². The maximum Gasteiger partial charge on any atom is 0.187 e. The first-order valence-electron chi connectivity index (χ1n) is 5.92. The highest BCUT2D eigenvalue weighted by atomic mass is 32.1. The first-order valence-corrected chi connectivity index (χ1v) is 6.33. The number of benzene rings is 1. The zero-order chi connectivity index (χ0) is 14.3. The monoisotopic (exact) mass is 281 g/mol. The Kier molecular flexibility index (Phi) is 6.24. The molecule has 0 saturated carbocycles. The second kappa shape index (κ2) is 7.70. The molecule has 0 unspecified atom stereocenters. The van der Waals surface area contributed by atoms with Crippen LogP contribution in [0.3, 0.4) is 0 Å². The summed E-state index contributed by atoms with van der Waals surface area (Å²) in [6, 6.07) is 6.94. The molecule has 0 aliphatic carbocycles. The Bertz CT molecular complexity index is 446. The van der Waals surface area contributed by atoms with Gasteiger partial charge < -0.3 is 15.2 Å². The molecule has 1 aromatic carbocycles. The number of nitrogens with one attached hydrogen (secondary N) is 2. The standard InChI is InChI=1S/C13H19N3O2S/c1-9(8-18-3)14-13(19)16-15-10(2)11-4-6-12(17)7-5-11/h4-7,9,17H,8H2,1-3H3,(H2,14,16,19)/b15-10+/t9-/m0/s1. The minimum atomic E-state index is 0.120. The number of hydrogen-bond donors (Lipinski definition) is 3. The Hall–Kier alpha value is -1.66. The molecule has 0 aliphatic heterocycles. The van der Waals surface area contributed by atoms with Crippen molar-refractivity contribution in [2.75, 3.05) is 13.7 Å². The lowest BCUT2D eigenvalue weighted by Gasteiger charge is -2.14. The van der Waals surface area contributed by atoms with Crippen molar-refractivity contribution in [3.05, 3.63) is 29.8 Å². The number of phenols is 1. The maximum absolute atomic E-state index is 9.21. The Morgan fingerprint density at radius 1 is 1.42 bits per heavy atom. The van der Waals surface area contributed by atoms with E-state index in [2.05, 4.69) is 15.8 Å². The number of aromatic hydroxyl groups is 1. The van der Waals surface area contributed by atoms with Crippen LogP contribution in [0, 0.1) is 0 Å². The average molecular weight is 281 g/mol. The first kappa shape index (κ1) is 15.4. The second-order valence-electron chi connectivity index (χ2n) is 4.19. The summed E-state index contributed by atoms with van der Waals surface area (Å²) in [4.78, 5) is 0. The minimum absolute atomic E-state index is 0.120. The van der Waals surface area contributed by atoms with E-state index in [1.807, 2.05) is 13.8 Å². The lowest BCUT2D eigenvalue weighted by molar-refractivity contribution is 0.179. The van der Waals surface area contributed by atoms with E-state index in [0.29, 0.717) is 11.7 Å². The molecule has 0 saturated heterocycles. The fraction of sp³-hybridized carbons (Fsp3) is 0.385. The lowest BCUT2D eigenvalue weighted by atomic mass is 10.1. The first-order chi connectivity index (χ1) is 9.02. The Labute approximate surface area is 118 Å². The summed E-state index contributed by atoms with van der Waals surface area (Å²) < 4.78 is 5.00. The molecular weight excluding hydrogens is 262 g/mol. The smallest absolute Gasteiger partial charge is 0.187 e. The van der Waals surface area contributed by atoms with Crippen molar-refractivity contribution in [1.82, 2.24) is 10.7 Å². The quantitative estimate of drug-likeness (QED) is 0.435. The number of rotatable bonds is 5. The topological polar surface area (TPSA) is 65.9 Å². The highest BCUT2D eigenvalue weighted by molar-refractivity contribution is 7.80. The molecule has 6 heteroatoms. The van der Waals surface area contributed by atoms with E-state index in [1.165, 1.54) is 0 Å². The number of methoxy groups -OCH3 is 1. The molecule has 0 spiro atoms. The molecule has 0 aromatic heterocycles. The minimum Gasteiger partial charge on any atom is -0.508 e. The van der Waals surface area contributed by atoms with Crippen LogP contribution in [0.15, 0.2) is 29.4 Å². The third kappa shape index (κ3) is 5.67. The van der Waals surface area contributed by atoms with Gasteiger partial charge in [0.2, 0.25) is 0 Å². The van der Waals surface area contributed by atoms with Gasteiger partial charge in [-0.1, -0.05) is 0 Å². The van der Waals surface area contributed by atoms with Crippen LogP contribution in [0.4, 0.5) is 0 Å². The summed E-state index contributed by atoms with van der Waals surface area (Å²) in [6.45, 7) is 4.40. The molecule has 0 bridgehead atoms. The summed E-state index contributed by atoms with van der Waals surface area (Å²) in [5.41, 5.74) is 4.47. The van der Waals surface area contributed by atoms with Gasteiger partial charge in [0.1, 0.15) is 5.75 Å². The van der Waals surface area contributed by atoms with Crippen LogP contribution in [0.1, 0.15) is 19.4 Å². The van der Waals surface area contributed by atoms with E-state index in [1.54, 1.807) is 31.4 Å². The molecule has 0 aliphatic rings. The third-order valence-electron chi connectivity index (χ3n) is 2.40. The van der Waals surface area contributed by atoms with Gasteiger partial charge in [-0.05, 0) is 55.9 Å². The molecule has 0 heterocycles. The summed E-state index contributed by atoms with van der Waals surface area (Å²) in [5.74, 6) is 0.232. The molecule has 1 rings (SSSR count). The number of hydrogen-bond acceptors (Lipinski definition) is 4. The van der Waals surface area contributed by atoms with Crippen LogP contribution in [0.5, 0.6) is 5.75 Å². The van der Waals surface area contributed by atoms with E-state index in [4.69, 9.17) is 17.0 Å². The molecule has 0 radical (unpaired) electrons. The molecule has 19 heavy (non-hydrogen) atoms. The predicted molar refractivity (Wildman–Crippen MR) is 80.5 cm³/mol. The summed E-state index contributed by atoms with van der Waals surface area (Å²) in [5, 5.41) is 16.9. The van der Waals surface area contributed by atoms with Gasteiger partial charge in [-0.15, -0.1) is 0 Å². The van der Waals surface area contributed by atoms with Crippen molar-refractivity contribution in [2.24, 2.45) is 5.10 Å². The number of phenolic OH excluding ortho intramolecular Hbond substituents is 1. The molecule has 1 aromatic rings. The van der Waals surface area contributed by atoms with Crippen molar-refractivity contribution in [2.45, 2.75) is 19.9 Å². The van der Waals surface area contributed by atoms with Gasteiger partial charge in [-0.2, -0.15) is 5.10 Å². The maximum atomic E-state index is 9.21. The van der Waals surface area contributed by atoms with Crippen LogP contribution in [0.2, 0.25) is 0 Å². The Balaban J connectivity index is 2.51. The lowest BCUT2D eigenvalue weighted by Crippen LogP contribution is -2.40. The highest BCUT2D eigenvalue weighted by Gasteiger charge is 2.03. The molecule has 1 atom stereocenters. The van der Waals surface area contributed by atoms with Gasteiger partial charge in [0.05, 0.1) is 12.3 Å². The molecule has 5 nitrogen and oxygen atoms in total. The molecular formula is C13H19N3O2S. The van der Waals surface area contributed by atoms with Crippen LogP contribution in [0.25, 0.3) is 0 Å². The normalized spacial score (nSPS) is 12.9. The fourth-order valence-electron chi connectivity index (χ4n) is 1.45. The zero-order valence-corrected chi connectivity index (χ0v) is 12.1. The van der Waals surface area contributed by atoms with E-state index < -0.39 is 0 Å². The highest BCUT2D eigenvalue weighted by Crippen LogP contribution is 2.10. The van der Waals surface area contributed by atoms with Crippen molar-refractivity contribution in [3.8, 4) is 5.75 Å². The summed E-state index contributed by atoms with van der Waals surface area (Å²) >= 11 is 5.11. The van der Waals surface area contributed by atoms with Gasteiger partial charge in [0, 0.05) is 13.2 Å². The molecule has 0 fully saturated rings. The zero-order valence-electron chi connectivity index (χ0n) is 11.3. The summed E-state index contributed by atoms with van der Waals surface area (Å²) in [6.07, 6.45) is 0. The fourth-order valence-corrected chi connectivity index (χ4v) is 1.70. The largest absolute Gasteiger partial charge is 0.508 e. The Morgan fingerprint density at radius 2 is 2.05 bits per heavy atom. The van der Waals surface area contributed by atoms with Gasteiger partial charge in [-0.25, -0.2) is 0 Å². The summed E-state index contributed by atoms with van der Waals surface area (Å²) in [7, 11) is 1.64. The number of thiocarbonyl (C=S) groups is 1. The number of hydrazone groups is 1. The van der Waals surface area contributed by atoms with E-state index in [0.717, 1.165) is 11.3 Å². The predicted octanol–water partition coefficient (Wildman–Crippen LogP) is 1.62. The molecule has 3 N–H and O–H groups in total. The van der Waals surface area contributed by atoms with Crippen molar-refractivity contribution < 1.29 is 9.84 Å². The molecule has 104 valence electrons. The van der Waals surface area contributed by atoms with Gasteiger partial charge in [-0.3, -0.25) is 5.43 Å². The second-order valence-corrected chi connectivity index (χ2v) is 4.59. The van der Waals surface area contributed by atoms with Crippen molar-refractivity contribution in [1.29, 1.82) is 0 Å². The van der Waals surface area contributed by atoms with Crippen molar-refractivity contribution >= 4 is 23.0 Å². The third-order valence-corrected chi connectivity index (χ3v) is 2.61. The van der Waals surface area contributed by atoms with Crippen LogP contribution in [-0.4, -0.2) is 35.7 Å². The van der Waals surface area contributed by atoms with Gasteiger partial charge in [0.15, 0.2) is 5.11 Å². The van der Waals surface area contributed by atoms with Gasteiger partial charge >= 0.3 is 0 Å². The van der Waals surface area contributed by atoms with Crippen LogP contribution in [-0.2, 0) is 4.74 Å². The van der Waals surface area contributed by atoms with E-state index in [9.17, 15) is 5.11 Å².